The molecule has 5 heteroatoms. The van der Waals surface area contributed by atoms with Gasteiger partial charge >= 0.3 is 5.97 Å². The fourth-order valence-corrected chi connectivity index (χ4v) is 3.31. The molecule has 3 N–H and O–H groups in total. The van der Waals surface area contributed by atoms with Crippen LogP contribution in [0.3, 0.4) is 0 Å². The number of carbonyl (C=O) groups excluding carboxylic acids is 1. The van der Waals surface area contributed by atoms with Gasteiger partial charge in [0, 0.05) is 12.6 Å². The Morgan fingerprint density at radius 3 is 2.42 bits per heavy atom. The zero-order valence-electron chi connectivity index (χ0n) is 11.4. The van der Waals surface area contributed by atoms with Crippen LogP contribution in [0.25, 0.3) is 0 Å². The predicted molar refractivity (Wildman–Crippen MR) is 71.5 cm³/mol. The lowest BCUT2D eigenvalue weighted by atomic mass is 9.91. The van der Waals surface area contributed by atoms with Crippen LogP contribution in [-0.4, -0.2) is 40.5 Å². The molecule has 19 heavy (non-hydrogen) atoms. The first kappa shape index (κ1) is 14.3. The standard InChI is InChI=1S/C14H24N2O3/c15-11-7-3-1-2-6-10(11)13(17)16-9-5-4-8-12(16)14(18)19/h10-12H,1-9,15H2,(H,18,19)/t10?,11?,12-/m1/s1. The monoisotopic (exact) mass is 268 g/mol. The molecular formula is C14H24N2O3. The van der Waals surface area contributed by atoms with E-state index in [9.17, 15) is 14.7 Å². The van der Waals surface area contributed by atoms with Gasteiger partial charge in [0.15, 0.2) is 0 Å². The second-order valence-corrected chi connectivity index (χ2v) is 5.79. The van der Waals surface area contributed by atoms with Crippen LogP contribution in [0.15, 0.2) is 0 Å². The summed E-state index contributed by atoms with van der Waals surface area (Å²) < 4.78 is 0. The van der Waals surface area contributed by atoms with Crippen LogP contribution in [0.1, 0.15) is 51.4 Å². The molecule has 5 nitrogen and oxygen atoms in total. The number of carboxylic acids is 1. The second-order valence-electron chi connectivity index (χ2n) is 5.79. The summed E-state index contributed by atoms with van der Waals surface area (Å²) in [7, 11) is 0. The van der Waals surface area contributed by atoms with E-state index in [0.29, 0.717) is 13.0 Å². The van der Waals surface area contributed by atoms with Gasteiger partial charge in [0.05, 0.1) is 5.92 Å². The quantitative estimate of drug-likeness (QED) is 0.741. The highest BCUT2D eigenvalue weighted by atomic mass is 16.4. The molecule has 1 aliphatic heterocycles. The number of hydrogen-bond acceptors (Lipinski definition) is 3. The molecule has 0 aromatic heterocycles. The van der Waals surface area contributed by atoms with Crippen molar-refractivity contribution in [2.24, 2.45) is 11.7 Å². The lowest BCUT2D eigenvalue weighted by molar-refractivity contribution is -0.154. The lowest BCUT2D eigenvalue weighted by Gasteiger charge is -2.36. The highest BCUT2D eigenvalue weighted by Gasteiger charge is 2.37. The zero-order valence-corrected chi connectivity index (χ0v) is 11.4. The lowest BCUT2D eigenvalue weighted by Crippen LogP contribution is -2.52. The maximum absolute atomic E-state index is 12.6. The van der Waals surface area contributed by atoms with Crippen molar-refractivity contribution in [3.63, 3.8) is 0 Å². The van der Waals surface area contributed by atoms with Gasteiger partial charge in [0.25, 0.3) is 0 Å². The van der Waals surface area contributed by atoms with Crippen molar-refractivity contribution in [3.05, 3.63) is 0 Å². The summed E-state index contributed by atoms with van der Waals surface area (Å²) in [5, 5.41) is 9.25. The summed E-state index contributed by atoms with van der Waals surface area (Å²) in [5.74, 6) is -1.08. The fourth-order valence-electron chi connectivity index (χ4n) is 3.31. The van der Waals surface area contributed by atoms with Gasteiger partial charge in [-0.3, -0.25) is 4.79 Å². The Kier molecular flexibility index (Phi) is 4.80. The van der Waals surface area contributed by atoms with Crippen molar-refractivity contribution in [3.8, 4) is 0 Å². The predicted octanol–water partition coefficient (Wildman–Crippen LogP) is 1.36. The van der Waals surface area contributed by atoms with Crippen LogP contribution in [0.4, 0.5) is 0 Å². The molecule has 2 fully saturated rings. The van der Waals surface area contributed by atoms with Crippen molar-refractivity contribution >= 4 is 11.9 Å². The molecule has 1 saturated heterocycles. The van der Waals surface area contributed by atoms with Gasteiger partial charge in [-0.1, -0.05) is 19.3 Å². The third kappa shape index (κ3) is 3.26. The van der Waals surface area contributed by atoms with Crippen molar-refractivity contribution in [2.75, 3.05) is 6.54 Å². The smallest absolute Gasteiger partial charge is 0.326 e. The van der Waals surface area contributed by atoms with Crippen molar-refractivity contribution in [2.45, 2.75) is 63.5 Å². The van der Waals surface area contributed by atoms with E-state index in [4.69, 9.17) is 5.73 Å². The molecule has 1 amide bonds. The number of piperidine rings is 1. The molecule has 0 radical (unpaired) electrons. The SMILES string of the molecule is NC1CCCCCC1C(=O)N1CCCC[C@@H]1C(=O)O. The molecule has 1 saturated carbocycles. The average Bonchev–Trinajstić information content (AvgIpc) is 2.62. The zero-order chi connectivity index (χ0) is 13.8. The summed E-state index contributed by atoms with van der Waals surface area (Å²) in [6.07, 6.45) is 7.27. The first-order valence-electron chi connectivity index (χ1n) is 7.40. The minimum atomic E-state index is -0.879. The summed E-state index contributed by atoms with van der Waals surface area (Å²) in [4.78, 5) is 25.5. The van der Waals surface area contributed by atoms with E-state index in [0.717, 1.165) is 44.9 Å². The van der Waals surface area contributed by atoms with Gasteiger partial charge in [0.2, 0.25) is 5.91 Å². The minimum absolute atomic E-state index is 0.0264. The number of rotatable bonds is 2. The second kappa shape index (κ2) is 6.37. The number of nitrogens with zero attached hydrogens (tertiary/aromatic N) is 1. The normalized spacial score (nSPS) is 32.7. The van der Waals surface area contributed by atoms with Crippen molar-refractivity contribution in [1.82, 2.24) is 4.90 Å². The maximum Gasteiger partial charge on any atom is 0.326 e. The Labute approximate surface area is 114 Å². The van der Waals surface area contributed by atoms with Crippen LogP contribution in [0.2, 0.25) is 0 Å². The molecule has 0 spiro atoms. The molecule has 2 aliphatic rings. The summed E-state index contributed by atoms with van der Waals surface area (Å²) in [5.41, 5.74) is 6.11. The average molecular weight is 268 g/mol. The Hall–Kier alpha value is -1.10. The number of amides is 1. The molecule has 108 valence electrons. The number of hydrogen-bond donors (Lipinski definition) is 2. The fraction of sp³-hybridized carbons (Fsp3) is 0.857. The largest absolute Gasteiger partial charge is 0.480 e. The van der Waals surface area contributed by atoms with Gasteiger partial charge in [-0.25, -0.2) is 4.79 Å². The van der Waals surface area contributed by atoms with E-state index in [1.165, 1.54) is 0 Å². The summed E-state index contributed by atoms with van der Waals surface area (Å²) in [6.45, 7) is 0.568. The van der Waals surface area contributed by atoms with Crippen molar-refractivity contribution in [1.29, 1.82) is 0 Å². The molecular weight excluding hydrogens is 244 g/mol. The molecule has 0 aromatic rings. The van der Waals surface area contributed by atoms with Gasteiger partial charge in [0.1, 0.15) is 6.04 Å². The number of likely N-dealkylation sites (tertiary alicyclic amines) is 1. The van der Waals surface area contributed by atoms with Crippen LogP contribution < -0.4 is 5.73 Å². The topological polar surface area (TPSA) is 83.6 Å². The van der Waals surface area contributed by atoms with Gasteiger partial charge in [-0.2, -0.15) is 0 Å². The molecule has 1 heterocycles. The maximum atomic E-state index is 12.6. The Morgan fingerprint density at radius 2 is 1.68 bits per heavy atom. The Morgan fingerprint density at radius 1 is 1.00 bits per heavy atom. The molecule has 2 rings (SSSR count). The molecule has 1 aliphatic carbocycles. The Balaban J connectivity index is 2.09. The first-order chi connectivity index (χ1) is 9.11. The first-order valence-corrected chi connectivity index (χ1v) is 7.40. The molecule has 0 aromatic carbocycles. The number of carbonyl (C=O) groups is 2. The molecule has 0 bridgehead atoms. The van der Waals surface area contributed by atoms with Crippen LogP contribution >= 0.6 is 0 Å². The highest BCUT2D eigenvalue weighted by Crippen LogP contribution is 2.27. The van der Waals surface area contributed by atoms with E-state index in [1.54, 1.807) is 4.90 Å². The summed E-state index contributed by atoms with van der Waals surface area (Å²) >= 11 is 0. The van der Waals surface area contributed by atoms with E-state index >= 15 is 0 Å². The number of aliphatic carboxylic acids is 1. The van der Waals surface area contributed by atoms with Gasteiger partial charge < -0.3 is 15.7 Å². The van der Waals surface area contributed by atoms with E-state index in [-0.39, 0.29) is 17.9 Å². The number of carboxylic acid groups (broad SMARTS) is 1. The van der Waals surface area contributed by atoms with Crippen LogP contribution in [0, 0.1) is 5.92 Å². The third-order valence-corrected chi connectivity index (χ3v) is 4.46. The molecule has 3 atom stereocenters. The van der Waals surface area contributed by atoms with Gasteiger partial charge in [-0.05, 0) is 32.1 Å². The van der Waals surface area contributed by atoms with E-state index in [2.05, 4.69) is 0 Å². The van der Waals surface area contributed by atoms with E-state index in [1.807, 2.05) is 0 Å². The third-order valence-electron chi connectivity index (χ3n) is 4.46. The minimum Gasteiger partial charge on any atom is -0.480 e. The number of nitrogens with two attached hydrogens (primary N) is 1. The van der Waals surface area contributed by atoms with E-state index < -0.39 is 12.0 Å². The van der Waals surface area contributed by atoms with Crippen molar-refractivity contribution < 1.29 is 14.7 Å². The van der Waals surface area contributed by atoms with Crippen LogP contribution in [0.5, 0.6) is 0 Å². The summed E-state index contributed by atoms with van der Waals surface area (Å²) in [6, 6.07) is -0.747. The molecule has 2 unspecified atom stereocenters. The van der Waals surface area contributed by atoms with Gasteiger partial charge in [-0.15, -0.1) is 0 Å². The van der Waals surface area contributed by atoms with Crippen LogP contribution in [-0.2, 0) is 9.59 Å². The Bertz CT molecular complexity index is 346. The highest BCUT2D eigenvalue weighted by molar-refractivity contribution is 5.85.